The molecular formula is C8H12BNO2. The Morgan fingerprint density at radius 1 is 1.83 bits per heavy atom. The standard InChI is InChI=1S/C8H12BNO2/c1-2-3-8-6-7(9(11)12)4-5-10-8/h4-6,11-12H,2-3H2,1H3/i1D3,2D2,3D2,4D,5D,6D. The second kappa shape index (κ2) is 4.23. The average Bonchev–Trinajstić information content (AvgIpc) is 2.31. The van der Waals surface area contributed by atoms with Crippen molar-refractivity contribution in [2.45, 2.75) is 19.6 Å². The van der Waals surface area contributed by atoms with E-state index in [1.165, 1.54) is 0 Å². The maximum atomic E-state index is 9.14. The SMILES string of the molecule is [2H]c1nc(C([2H])([2H])C([2H])([2H])C([2H])([2H])[2H])c([2H])c(B(O)O)c1[2H]. The summed E-state index contributed by atoms with van der Waals surface area (Å²) in [6.45, 7) is -3.40. The topological polar surface area (TPSA) is 53.4 Å². The van der Waals surface area contributed by atoms with Gasteiger partial charge in [-0.1, -0.05) is 13.2 Å². The van der Waals surface area contributed by atoms with Gasteiger partial charge in [-0.15, -0.1) is 0 Å². The molecule has 0 unspecified atom stereocenters. The lowest BCUT2D eigenvalue weighted by molar-refractivity contribution is 0.425. The second-order valence-electron chi connectivity index (χ2n) is 1.86. The van der Waals surface area contributed by atoms with Crippen molar-refractivity contribution >= 4 is 12.6 Å². The van der Waals surface area contributed by atoms with Crippen LogP contribution in [0.1, 0.15) is 32.6 Å². The van der Waals surface area contributed by atoms with Crippen LogP contribution in [0.25, 0.3) is 0 Å². The summed E-state index contributed by atoms with van der Waals surface area (Å²) in [6.07, 6.45) is -7.72. The van der Waals surface area contributed by atoms with Crippen molar-refractivity contribution in [2.75, 3.05) is 0 Å². The van der Waals surface area contributed by atoms with E-state index in [2.05, 4.69) is 4.98 Å². The van der Waals surface area contributed by atoms with Gasteiger partial charge in [-0.3, -0.25) is 4.98 Å². The fourth-order valence-corrected chi connectivity index (χ4v) is 0.578. The van der Waals surface area contributed by atoms with Crippen LogP contribution in [-0.2, 0) is 6.37 Å². The third-order valence-electron chi connectivity index (χ3n) is 1.05. The van der Waals surface area contributed by atoms with Crippen LogP contribution in [0.4, 0.5) is 0 Å². The highest BCUT2D eigenvalue weighted by Crippen LogP contribution is 1.96. The highest BCUT2D eigenvalue weighted by atomic mass is 16.4. The first-order valence-corrected chi connectivity index (χ1v) is 3.00. The molecule has 0 aliphatic rings. The molecule has 0 atom stereocenters. The first-order valence-electron chi connectivity index (χ1n) is 8.00. The van der Waals surface area contributed by atoms with Crippen molar-refractivity contribution in [2.24, 2.45) is 0 Å². The number of nitrogens with zero attached hydrogens (tertiary/aromatic N) is 1. The maximum absolute atomic E-state index is 9.14. The Hall–Kier alpha value is -0.865. The minimum atomic E-state index is -3.46. The van der Waals surface area contributed by atoms with Crippen LogP contribution < -0.4 is 5.46 Å². The number of aromatic nitrogens is 1. The minimum absolute atomic E-state index is 0.839. The zero-order chi connectivity index (χ0) is 17.7. The summed E-state index contributed by atoms with van der Waals surface area (Å²) in [7, 11) is -2.39. The van der Waals surface area contributed by atoms with E-state index in [-0.39, 0.29) is 0 Å². The van der Waals surface area contributed by atoms with Crippen LogP contribution >= 0.6 is 0 Å². The van der Waals surface area contributed by atoms with Crippen LogP contribution in [0.5, 0.6) is 0 Å². The molecule has 4 heteroatoms. The predicted octanol–water partition coefficient (Wildman–Crippen LogP) is -0.286. The molecule has 0 aliphatic carbocycles. The fraction of sp³-hybridized carbons (Fsp3) is 0.375. The van der Waals surface area contributed by atoms with Gasteiger partial charge in [0.1, 0.15) is 0 Å². The van der Waals surface area contributed by atoms with Crippen LogP contribution in [0.2, 0.25) is 0 Å². The molecule has 1 rings (SSSR count). The molecule has 0 aromatic carbocycles. The van der Waals surface area contributed by atoms with Crippen molar-refractivity contribution in [3.05, 3.63) is 24.0 Å². The van der Waals surface area contributed by atoms with Crippen LogP contribution in [0.3, 0.4) is 0 Å². The molecule has 0 amide bonds. The molecule has 12 heavy (non-hydrogen) atoms. The Bertz CT molecular complexity index is 587. The monoisotopic (exact) mass is 175 g/mol. The Labute approximate surface area is 86.3 Å². The summed E-state index contributed by atoms with van der Waals surface area (Å²) in [6, 6.07) is -1.87. The summed E-state index contributed by atoms with van der Waals surface area (Å²) in [4.78, 5) is 3.27. The van der Waals surface area contributed by atoms with E-state index in [1.807, 2.05) is 0 Å². The predicted molar refractivity (Wildman–Crippen MR) is 48.1 cm³/mol. The Balaban J connectivity index is 3.70. The van der Waals surface area contributed by atoms with E-state index in [9.17, 15) is 0 Å². The second-order valence-corrected chi connectivity index (χ2v) is 1.86. The van der Waals surface area contributed by atoms with E-state index < -0.39 is 56.1 Å². The van der Waals surface area contributed by atoms with Crippen molar-refractivity contribution < 1.29 is 23.8 Å². The summed E-state index contributed by atoms with van der Waals surface area (Å²) >= 11 is 0. The molecule has 0 saturated heterocycles. The number of hydrogen-bond donors (Lipinski definition) is 2. The van der Waals surface area contributed by atoms with E-state index in [4.69, 9.17) is 23.8 Å². The highest BCUT2D eigenvalue weighted by Gasteiger charge is 2.10. The molecule has 0 fully saturated rings. The van der Waals surface area contributed by atoms with Crippen molar-refractivity contribution in [1.29, 1.82) is 0 Å². The largest absolute Gasteiger partial charge is 0.488 e. The maximum Gasteiger partial charge on any atom is 0.488 e. The van der Waals surface area contributed by atoms with E-state index >= 15 is 0 Å². The normalized spacial score (nSPS) is 25.5. The van der Waals surface area contributed by atoms with Gasteiger partial charge in [0, 0.05) is 21.5 Å². The van der Waals surface area contributed by atoms with Crippen LogP contribution in [0, 0.1) is 0 Å². The van der Waals surface area contributed by atoms with Gasteiger partial charge in [0.2, 0.25) is 0 Å². The van der Waals surface area contributed by atoms with Crippen LogP contribution in [0.15, 0.2) is 18.3 Å². The number of rotatable bonds is 3. The molecule has 64 valence electrons. The molecule has 0 radical (unpaired) electrons. The molecule has 0 bridgehead atoms. The number of hydrogen-bond acceptors (Lipinski definition) is 3. The van der Waals surface area contributed by atoms with Gasteiger partial charge in [-0.25, -0.2) is 0 Å². The van der Waals surface area contributed by atoms with Gasteiger partial charge < -0.3 is 10.0 Å². The smallest absolute Gasteiger partial charge is 0.423 e. The van der Waals surface area contributed by atoms with Gasteiger partial charge in [0.25, 0.3) is 0 Å². The van der Waals surface area contributed by atoms with Gasteiger partial charge in [0.15, 0.2) is 0 Å². The van der Waals surface area contributed by atoms with Gasteiger partial charge in [0.05, 0.1) is 4.11 Å². The third-order valence-corrected chi connectivity index (χ3v) is 1.05. The molecule has 2 N–H and O–H groups in total. The zero-order valence-corrected chi connectivity index (χ0v) is 5.92. The average molecular weight is 175 g/mol. The fourth-order valence-electron chi connectivity index (χ4n) is 0.578. The molecule has 0 spiro atoms. The van der Waals surface area contributed by atoms with E-state index in [0.717, 1.165) is 0 Å². The summed E-state index contributed by atoms with van der Waals surface area (Å²) in [5.74, 6) is 0. The molecule has 1 heterocycles. The summed E-state index contributed by atoms with van der Waals surface area (Å²) < 4.78 is 74.2. The zero-order valence-electron chi connectivity index (χ0n) is 15.9. The molecule has 1 aromatic heterocycles. The minimum Gasteiger partial charge on any atom is -0.423 e. The lowest BCUT2D eigenvalue weighted by Crippen LogP contribution is -2.30. The molecule has 0 aliphatic heterocycles. The lowest BCUT2D eigenvalue weighted by Gasteiger charge is -2.01. The highest BCUT2D eigenvalue weighted by molar-refractivity contribution is 6.58. The number of pyridine rings is 1. The van der Waals surface area contributed by atoms with E-state index in [0.29, 0.717) is 0 Å². The van der Waals surface area contributed by atoms with Gasteiger partial charge in [-0.2, -0.15) is 0 Å². The Kier molecular flexibility index (Phi) is 0.903. The Morgan fingerprint density at radius 2 is 2.67 bits per heavy atom. The number of aryl methyl sites for hydroxylation is 1. The van der Waals surface area contributed by atoms with Crippen molar-refractivity contribution in [1.82, 2.24) is 4.98 Å². The van der Waals surface area contributed by atoms with Crippen molar-refractivity contribution in [3.8, 4) is 0 Å². The Morgan fingerprint density at radius 3 is 3.33 bits per heavy atom. The molecule has 0 saturated carbocycles. The molecule has 1 aromatic rings. The molecular weight excluding hydrogens is 153 g/mol. The quantitative estimate of drug-likeness (QED) is 0.621. The van der Waals surface area contributed by atoms with Crippen LogP contribution in [-0.4, -0.2) is 22.2 Å². The first kappa shape index (κ1) is 2.56. The third kappa shape index (κ3) is 2.32. The van der Waals surface area contributed by atoms with Gasteiger partial charge in [-0.05, 0) is 23.9 Å². The molecule has 3 nitrogen and oxygen atoms in total. The first-order chi connectivity index (χ1) is 9.66. The van der Waals surface area contributed by atoms with E-state index in [1.54, 1.807) is 0 Å². The summed E-state index contributed by atoms with van der Waals surface area (Å²) in [5.41, 5.74) is -1.93. The van der Waals surface area contributed by atoms with Crippen molar-refractivity contribution in [3.63, 3.8) is 0 Å². The summed E-state index contributed by atoms with van der Waals surface area (Å²) in [5, 5.41) is 18.3. The lowest BCUT2D eigenvalue weighted by atomic mass is 9.80. The van der Waals surface area contributed by atoms with Gasteiger partial charge >= 0.3 is 7.12 Å².